The fourth-order valence-electron chi connectivity index (χ4n) is 3.51. The van der Waals surface area contributed by atoms with E-state index in [2.05, 4.69) is 26.6 Å². The van der Waals surface area contributed by atoms with Crippen molar-refractivity contribution >= 4 is 40.8 Å². The molecule has 3 rings (SSSR count). The number of rotatable bonds is 9. The van der Waals surface area contributed by atoms with Crippen molar-refractivity contribution in [3.63, 3.8) is 0 Å². The number of aryl methyl sites for hydroxylation is 3. The van der Waals surface area contributed by atoms with Gasteiger partial charge in [-0.2, -0.15) is 0 Å². The van der Waals surface area contributed by atoms with Crippen LogP contribution < -0.4 is 26.6 Å². The first kappa shape index (κ1) is 26.5. The lowest BCUT2D eigenvalue weighted by molar-refractivity contribution is -0.384. The molecule has 0 aromatic carbocycles. The van der Waals surface area contributed by atoms with E-state index in [1.54, 1.807) is 24.9 Å². The smallest absolute Gasteiger partial charge is 0.314 e. The van der Waals surface area contributed by atoms with Crippen molar-refractivity contribution in [1.29, 1.82) is 0 Å². The molecule has 15 heteroatoms. The minimum atomic E-state index is -0.592. The van der Waals surface area contributed by atoms with Crippen LogP contribution in [0.2, 0.25) is 0 Å². The Morgan fingerprint density at radius 2 is 1.22 bits per heavy atom. The van der Waals surface area contributed by atoms with Gasteiger partial charge in [0.25, 0.3) is 23.4 Å². The van der Waals surface area contributed by atoms with Crippen molar-refractivity contribution in [1.82, 2.24) is 29.7 Å². The van der Waals surface area contributed by atoms with E-state index >= 15 is 0 Å². The Balaban J connectivity index is 1.63. The summed E-state index contributed by atoms with van der Waals surface area (Å²) < 4.78 is 4.40. The number of anilines is 2. The number of urea groups is 1. The highest BCUT2D eigenvalue weighted by Gasteiger charge is 2.20. The molecule has 0 fully saturated rings. The Kier molecular flexibility index (Phi) is 7.96. The van der Waals surface area contributed by atoms with Gasteiger partial charge in [0.2, 0.25) is 0 Å². The molecule has 0 aliphatic rings. The average Bonchev–Trinajstić information content (AvgIpc) is 3.52. The number of carbonyl (C=O) groups excluding carboxylic acids is 4. The first-order valence-corrected chi connectivity index (χ1v) is 11.0. The number of carbonyl (C=O) groups is 4. The van der Waals surface area contributed by atoms with Gasteiger partial charge in [-0.05, 0) is 12.1 Å². The zero-order valence-corrected chi connectivity index (χ0v) is 20.6. The highest BCUT2D eigenvalue weighted by molar-refractivity contribution is 6.07. The van der Waals surface area contributed by atoms with Crippen LogP contribution in [0.5, 0.6) is 0 Å². The van der Waals surface area contributed by atoms with Crippen LogP contribution in [0.15, 0.2) is 36.8 Å². The van der Waals surface area contributed by atoms with E-state index in [1.165, 1.54) is 47.8 Å². The molecular formula is C22H27N9O6. The summed E-state index contributed by atoms with van der Waals surface area (Å²) in [5, 5.41) is 23.9. The monoisotopic (exact) mass is 513 g/mol. The molecule has 0 spiro atoms. The number of aromatic nitrogens is 3. The van der Waals surface area contributed by atoms with Gasteiger partial charge >= 0.3 is 6.03 Å². The highest BCUT2D eigenvalue weighted by Crippen LogP contribution is 2.20. The van der Waals surface area contributed by atoms with E-state index in [-0.39, 0.29) is 42.1 Å². The van der Waals surface area contributed by atoms with Crippen LogP contribution in [-0.2, 0) is 21.1 Å². The van der Waals surface area contributed by atoms with Crippen molar-refractivity contribution < 1.29 is 24.1 Å². The number of nitro groups is 1. The van der Waals surface area contributed by atoms with Gasteiger partial charge in [0.15, 0.2) is 0 Å². The van der Waals surface area contributed by atoms with E-state index in [9.17, 15) is 29.3 Å². The van der Waals surface area contributed by atoms with Crippen molar-refractivity contribution in [3.05, 3.63) is 64.0 Å². The predicted octanol–water partition coefficient (Wildman–Crippen LogP) is 0.774. The second kappa shape index (κ2) is 11.1. The maximum Gasteiger partial charge on any atom is 0.314 e. The molecule has 0 radical (unpaired) electrons. The van der Waals surface area contributed by atoms with E-state index < -0.39 is 16.7 Å². The fourth-order valence-corrected chi connectivity index (χ4v) is 3.51. The zero-order chi connectivity index (χ0) is 27.3. The highest BCUT2D eigenvalue weighted by atomic mass is 16.6. The summed E-state index contributed by atoms with van der Waals surface area (Å²) in [5.74, 6) is -1.44. The Bertz CT molecular complexity index is 1370. The standard InChI is InChI=1S/C22H27N9O6/c1-23-22(35)25-6-5-24-19(32)16-7-13(10-28(16)2)26-20(33)17-8-14(11-29(17)3)27-21(34)18-9-15(31(36)37)12-30(18)4/h7-12H,5-6H2,1-4H3,(H,24,32)(H,26,33)(H,27,34)(H2,23,25,35). The molecule has 196 valence electrons. The van der Waals surface area contributed by atoms with Gasteiger partial charge < -0.3 is 40.3 Å². The van der Waals surface area contributed by atoms with Crippen LogP contribution in [0.1, 0.15) is 31.5 Å². The number of nitrogens with zero attached hydrogens (tertiary/aromatic N) is 4. The third-order valence-corrected chi connectivity index (χ3v) is 5.35. The summed E-state index contributed by atoms with van der Waals surface area (Å²) in [6, 6.07) is 3.77. The van der Waals surface area contributed by atoms with Gasteiger partial charge in [-0.3, -0.25) is 24.5 Å². The largest absolute Gasteiger partial charge is 0.349 e. The lowest BCUT2D eigenvalue weighted by Crippen LogP contribution is -2.39. The molecule has 15 nitrogen and oxygen atoms in total. The SMILES string of the molecule is CNC(=O)NCCNC(=O)c1cc(NC(=O)c2cc(NC(=O)c3cc([N+](=O)[O-])cn3C)cn2C)cn1C. The van der Waals surface area contributed by atoms with E-state index in [4.69, 9.17) is 0 Å². The number of hydrogen-bond acceptors (Lipinski definition) is 6. The van der Waals surface area contributed by atoms with Crippen molar-refractivity contribution in [2.24, 2.45) is 21.1 Å². The van der Waals surface area contributed by atoms with Crippen LogP contribution in [-0.4, -0.2) is 62.5 Å². The molecule has 3 aromatic rings. The van der Waals surface area contributed by atoms with Crippen LogP contribution in [0.4, 0.5) is 21.9 Å². The third kappa shape index (κ3) is 6.33. The lowest BCUT2D eigenvalue weighted by Gasteiger charge is -2.07. The number of nitrogens with one attached hydrogen (secondary N) is 5. The molecule has 0 bridgehead atoms. The minimum absolute atomic E-state index is 0.0843. The zero-order valence-electron chi connectivity index (χ0n) is 20.6. The van der Waals surface area contributed by atoms with Crippen LogP contribution in [0.25, 0.3) is 0 Å². The van der Waals surface area contributed by atoms with Gasteiger partial charge in [-0.25, -0.2) is 4.79 Å². The summed E-state index contributed by atoms with van der Waals surface area (Å²) in [6.07, 6.45) is 4.33. The van der Waals surface area contributed by atoms with Gasteiger partial charge in [-0.1, -0.05) is 0 Å². The fraction of sp³-hybridized carbons (Fsp3) is 0.273. The molecule has 5 N–H and O–H groups in total. The Labute approximate surface area is 211 Å². The second-order valence-corrected chi connectivity index (χ2v) is 8.07. The van der Waals surface area contributed by atoms with E-state index in [0.717, 1.165) is 6.07 Å². The van der Waals surface area contributed by atoms with Crippen LogP contribution in [0, 0.1) is 10.1 Å². The quantitative estimate of drug-likeness (QED) is 0.160. The Morgan fingerprint density at radius 3 is 1.70 bits per heavy atom. The topological polar surface area (TPSA) is 186 Å². The molecule has 0 unspecified atom stereocenters. The van der Waals surface area contributed by atoms with Gasteiger partial charge in [0.05, 0.1) is 22.5 Å². The Morgan fingerprint density at radius 1 is 0.757 bits per heavy atom. The molecule has 5 amide bonds. The summed E-state index contributed by atoms with van der Waals surface area (Å²) in [4.78, 5) is 59.4. The predicted molar refractivity (Wildman–Crippen MR) is 134 cm³/mol. The summed E-state index contributed by atoms with van der Waals surface area (Å²) >= 11 is 0. The van der Waals surface area contributed by atoms with Crippen LogP contribution >= 0.6 is 0 Å². The number of amides is 5. The average molecular weight is 514 g/mol. The molecule has 3 heterocycles. The Hall–Kier alpha value is -5.08. The van der Waals surface area contributed by atoms with Gasteiger partial charge in [-0.15, -0.1) is 0 Å². The molecular weight excluding hydrogens is 486 g/mol. The van der Waals surface area contributed by atoms with Gasteiger partial charge in [0, 0.05) is 59.7 Å². The summed E-state index contributed by atoms with van der Waals surface area (Å²) in [5.41, 5.74) is 1.09. The van der Waals surface area contributed by atoms with Crippen molar-refractivity contribution in [2.45, 2.75) is 0 Å². The molecule has 0 aliphatic carbocycles. The third-order valence-electron chi connectivity index (χ3n) is 5.35. The molecule has 3 aromatic heterocycles. The molecule has 0 aliphatic heterocycles. The maximum absolute atomic E-state index is 12.9. The van der Waals surface area contributed by atoms with E-state index in [1.807, 2.05) is 0 Å². The first-order chi connectivity index (χ1) is 17.5. The molecule has 0 saturated carbocycles. The maximum atomic E-state index is 12.9. The lowest BCUT2D eigenvalue weighted by atomic mass is 10.3. The van der Waals surface area contributed by atoms with Crippen molar-refractivity contribution in [3.8, 4) is 0 Å². The van der Waals surface area contributed by atoms with Gasteiger partial charge in [0.1, 0.15) is 17.1 Å². The minimum Gasteiger partial charge on any atom is -0.349 e. The second-order valence-electron chi connectivity index (χ2n) is 8.07. The molecule has 0 atom stereocenters. The first-order valence-electron chi connectivity index (χ1n) is 11.0. The summed E-state index contributed by atoms with van der Waals surface area (Å²) in [7, 11) is 6.27. The van der Waals surface area contributed by atoms with E-state index in [0.29, 0.717) is 17.1 Å². The van der Waals surface area contributed by atoms with Crippen molar-refractivity contribution in [2.75, 3.05) is 30.8 Å². The normalized spacial score (nSPS) is 10.5. The van der Waals surface area contributed by atoms with Crippen LogP contribution in [0.3, 0.4) is 0 Å². The number of hydrogen-bond donors (Lipinski definition) is 5. The molecule has 0 saturated heterocycles. The molecule has 37 heavy (non-hydrogen) atoms. The summed E-state index contributed by atoms with van der Waals surface area (Å²) in [6.45, 7) is 0.458.